The van der Waals surface area contributed by atoms with E-state index in [0.717, 1.165) is 6.07 Å². The molecule has 0 spiro atoms. The third-order valence-corrected chi connectivity index (χ3v) is 4.73. The Balaban J connectivity index is 1.71. The van der Waals surface area contributed by atoms with E-state index in [-0.39, 0.29) is 23.1 Å². The van der Waals surface area contributed by atoms with Gasteiger partial charge in [-0.15, -0.1) is 5.10 Å². The van der Waals surface area contributed by atoms with Crippen LogP contribution in [0.4, 0.5) is 13.2 Å². The van der Waals surface area contributed by atoms with Gasteiger partial charge in [0.25, 0.3) is 0 Å². The second-order valence-corrected chi connectivity index (χ2v) is 6.74. The average molecular weight is 391 g/mol. The van der Waals surface area contributed by atoms with Crippen LogP contribution in [-0.4, -0.2) is 37.5 Å². The lowest BCUT2D eigenvalue weighted by molar-refractivity contribution is -0.137. The number of benzene rings is 1. The molecular weight excluding hydrogens is 375 g/mol. The summed E-state index contributed by atoms with van der Waals surface area (Å²) in [5.74, 6) is -0.511. The van der Waals surface area contributed by atoms with Crippen molar-refractivity contribution in [2.45, 2.75) is 32.0 Å². The van der Waals surface area contributed by atoms with Crippen LogP contribution in [-0.2, 0) is 11.0 Å². The van der Waals surface area contributed by atoms with Gasteiger partial charge in [0.1, 0.15) is 11.3 Å². The highest BCUT2D eigenvalue weighted by Crippen LogP contribution is 2.38. The van der Waals surface area contributed by atoms with Crippen molar-refractivity contribution in [3.63, 3.8) is 0 Å². The Hall–Kier alpha value is -3.17. The van der Waals surface area contributed by atoms with Crippen LogP contribution in [0.15, 0.2) is 24.3 Å². The summed E-state index contributed by atoms with van der Waals surface area (Å²) in [5.41, 5.74) is 0.687. The molecule has 1 aliphatic heterocycles. The summed E-state index contributed by atoms with van der Waals surface area (Å²) in [4.78, 5) is 17.2. The van der Waals surface area contributed by atoms with E-state index in [1.807, 2.05) is 0 Å². The van der Waals surface area contributed by atoms with Crippen molar-refractivity contribution in [3.8, 4) is 17.0 Å². The Kier molecular flexibility index (Phi) is 4.20. The lowest BCUT2D eigenvalue weighted by Gasteiger charge is -2.21. The summed E-state index contributed by atoms with van der Waals surface area (Å²) in [5, 5.41) is 21.6. The molecule has 10 heteroatoms. The zero-order chi connectivity index (χ0) is 20.1. The predicted molar refractivity (Wildman–Crippen MR) is 93.4 cm³/mol. The number of hydrogen-bond donors (Lipinski definition) is 2. The summed E-state index contributed by atoms with van der Waals surface area (Å²) in [7, 11) is 0. The fourth-order valence-corrected chi connectivity index (χ4v) is 3.31. The Labute approximate surface area is 157 Å². The molecule has 7 nitrogen and oxygen atoms in total. The fourth-order valence-electron chi connectivity index (χ4n) is 3.31. The summed E-state index contributed by atoms with van der Waals surface area (Å²) >= 11 is 0. The Morgan fingerprint density at radius 3 is 2.68 bits per heavy atom. The standard InChI is InChI=1S/C18H16F3N5O2/c1-9-6-10(18(19,20)21)7-14(27)16(9)12-3-4-13-17(23-12)25-26(24-13)11-2-5-15(28)22-8-11/h3-4,6-7,11,27H,2,5,8H2,1H3,(H,22,28)/t11-/m0/s1. The monoisotopic (exact) mass is 391 g/mol. The van der Waals surface area contributed by atoms with Gasteiger partial charge in [-0.3, -0.25) is 4.79 Å². The van der Waals surface area contributed by atoms with Crippen LogP contribution < -0.4 is 5.32 Å². The second-order valence-electron chi connectivity index (χ2n) is 6.74. The van der Waals surface area contributed by atoms with Gasteiger partial charge in [-0.1, -0.05) is 0 Å². The van der Waals surface area contributed by atoms with Crippen molar-refractivity contribution in [3.05, 3.63) is 35.4 Å². The second kappa shape index (κ2) is 6.47. The van der Waals surface area contributed by atoms with Crippen molar-refractivity contribution in [1.82, 2.24) is 25.3 Å². The van der Waals surface area contributed by atoms with Gasteiger partial charge < -0.3 is 10.4 Å². The van der Waals surface area contributed by atoms with Crippen LogP contribution in [0, 0.1) is 6.92 Å². The van der Waals surface area contributed by atoms with E-state index in [0.29, 0.717) is 42.3 Å². The van der Waals surface area contributed by atoms with E-state index in [4.69, 9.17) is 0 Å². The molecule has 1 aromatic carbocycles. The van der Waals surface area contributed by atoms with Gasteiger partial charge in [-0.2, -0.15) is 23.1 Å². The SMILES string of the molecule is Cc1cc(C(F)(F)F)cc(O)c1-c1ccc2nn([C@H]3CCC(=O)NC3)nc2n1. The van der Waals surface area contributed by atoms with Crippen LogP contribution in [0.25, 0.3) is 22.4 Å². The van der Waals surface area contributed by atoms with Gasteiger partial charge in [-0.05, 0) is 43.2 Å². The molecule has 0 saturated carbocycles. The number of phenolic OH excluding ortho intramolecular Hbond substituents is 1. The molecule has 2 aromatic heterocycles. The minimum absolute atomic E-state index is 0.0124. The van der Waals surface area contributed by atoms with Crippen LogP contribution in [0.3, 0.4) is 0 Å². The van der Waals surface area contributed by atoms with E-state index in [2.05, 4.69) is 20.5 Å². The molecule has 1 aliphatic rings. The quantitative estimate of drug-likeness (QED) is 0.701. The van der Waals surface area contributed by atoms with Crippen molar-refractivity contribution >= 4 is 17.1 Å². The zero-order valence-electron chi connectivity index (χ0n) is 14.8. The number of amides is 1. The molecule has 0 unspecified atom stereocenters. The van der Waals surface area contributed by atoms with E-state index >= 15 is 0 Å². The van der Waals surface area contributed by atoms with Crippen molar-refractivity contribution in [2.75, 3.05) is 6.54 Å². The number of fused-ring (bicyclic) bond motifs is 1. The maximum absolute atomic E-state index is 12.9. The van der Waals surface area contributed by atoms with E-state index < -0.39 is 17.5 Å². The molecule has 1 saturated heterocycles. The molecule has 3 heterocycles. The Bertz CT molecular complexity index is 1040. The first-order chi connectivity index (χ1) is 13.2. The number of pyridine rings is 1. The molecule has 0 bridgehead atoms. The maximum atomic E-state index is 12.9. The molecule has 2 N–H and O–H groups in total. The molecular formula is C18H16F3N5O2. The largest absolute Gasteiger partial charge is 0.507 e. The van der Waals surface area contributed by atoms with E-state index in [1.165, 1.54) is 11.7 Å². The number of nitrogens with zero attached hydrogens (tertiary/aromatic N) is 4. The zero-order valence-corrected chi connectivity index (χ0v) is 14.8. The Morgan fingerprint density at radius 1 is 1.25 bits per heavy atom. The first-order valence-corrected chi connectivity index (χ1v) is 8.64. The lowest BCUT2D eigenvalue weighted by atomic mass is 10.0. The van der Waals surface area contributed by atoms with Gasteiger partial charge in [0.15, 0.2) is 0 Å². The molecule has 0 radical (unpaired) electrons. The van der Waals surface area contributed by atoms with Gasteiger partial charge in [0, 0.05) is 18.5 Å². The minimum atomic E-state index is -4.55. The normalized spacial score (nSPS) is 17.7. The van der Waals surface area contributed by atoms with Crippen LogP contribution in [0.5, 0.6) is 5.75 Å². The van der Waals surface area contributed by atoms with E-state index in [1.54, 1.807) is 12.1 Å². The number of hydrogen-bond acceptors (Lipinski definition) is 5. The summed E-state index contributed by atoms with van der Waals surface area (Å²) in [6.07, 6.45) is -3.55. The number of nitrogens with one attached hydrogen (secondary N) is 1. The van der Waals surface area contributed by atoms with Crippen LogP contribution in [0.2, 0.25) is 0 Å². The van der Waals surface area contributed by atoms with Gasteiger partial charge in [0.05, 0.1) is 17.3 Å². The molecule has 146 valence electrons. The fraction of sp³-hybridized carbons (Fsp3) is 0.333. The van der Waals surface area contributed by atoms with Gasteiger partial charge in [-0.25, -0.2) is 4.98 Å². The highest BCUT2D eigenvalue weighted by atomic mass is 19.4. The summed E-state index contributed by atoms with van der Waals surface area (Å²) < 4.78 is 38.8. The molecule has 0 aliphatic carbocycles. The average Bonchev–Trinajstić information content (AvgIpc) is 3.04. The molecule has 1 amide bonds. The van der Waals surface area contributed by atoms with Gasteiger partial charge >= 0.3 is 6.18 Å². The highest BCUT2D eigenvalue weighted by molar-refractivity contribution is 5.78. The lowest BCUT2D eigenvalue weighted by Crippen LogP contribution is -2.36. The van der Waals surface area contributed by atoms with Crippen LogP contribution in [0.1, 0.15) is 30.0 Å². The number of carbonyl (C=O) groups is 1. The van der Waals surface area contributed by atoms with Crippen molar-refractivity contribution < 1.29 is 23.1 Å². The topological polar surface area (TPSA) is 92.9 Å². The number of aromatic nitrogens is 4. The smallest absolute Gasteiger partial charge is 0.416 e. The van der Waals surface area contributed by atoms with Crippen molar-refractivity contribution in [2.24, 2.45) is 0 Å². The number of halogens is 3. The molecule has 1 atom stereocenters. The third kappa shape index (κ3) is 3.25. The number of aryl methyl sites for hydroxylation is 1. The molecule has 1 fully saturated rings. The number of carbonyl (C=O) groups excluding carboxylic acids is 1. The number of phenols is 1. The first kappa shape index (κ1) is 18.2. The number of aromatic hydroxyl groups is 1. The highest BCUT2D eigenvalue weighted by Gasteiger charge is 2.32. The van der Waals surface area contributed by atoms with Gasteiger partial charge in [0.2, 0.25) is 11.6 Å². The maximum Gasteiger partial charge on any atom is 0.416 e. The van der Waals surface area contributed by atoms with Crippen LogP contribution >= 0.6 is 0 Å². The number of piperidine rings is 1. The molecule has 3 aromatic rings. The number of rotatable bonds is 2. The summed E-state index contributed by atoms with van der Waals surface area (Å²) in [6.45, 7) is 1.91. The molecule has 28 heavy (non-hydrogen) atoms. The van der Waals surface area contributed by atoms with E-state index in [9.17, 15) is 23.1 Å². The first-order valence-electron chi connectivity index (χ1n) is 8.64. The third-order valence-electron chi connectivity index (χ3n) is 4.73. The minimum Gasteiger partial charge on any atom is -0.507 e. The number of alkyl halides is 3. The predicted octanol–water partition coefficient (Wildman–Crippen LogP) is 2.98. The molecule has 4 rings (SSSR count). The Morgan fingerprint density at radius 2 is 2.04 bits per heavy atom. The van der Waals surface area contributed by atoms with Crippen molar-refractivity contribution in [1.29, 1.82) is 0 Å². The summed E-state index contributed by atoms with van der Waals surface area (Å²) in [6, 6.07) is 4.81.